The normalized spacial score (nSPS) is 13.7. The van der Waals surface area contributed by atoms with Crippen LogP contribution in [0.3, 0.4) is 0 Å². The third-order valence-electron chi connectivity index (χ3n) is 3.91. The largest absolute Gasteiger partial charge is 0.480 e. The van der Waals surface area contributed by atoms with Gasteiger partial charge >= 0.3 is 5.97 Å². The van der Waals surface area contributed by atoms with Gasteiger partial charge in [0, 0.05) is 4.88 Å². The molecule has 0 saturated heterocycles. The van der Waals surface area contributed by atoms with E-state index >= 15 is 0 Å². The molecular weight excluding hydrogens is 284 g/mol. The highest BCUT2D eigenvalue weighted by molar-refractivity contribution is 7.15. The van der Waals surface area contributed by atoms with Gasteiger partial charge in [-0.25, -0.2) is 4.98 Å². The number of thiophene rings is 1. The first-order valence-corrected chi connectivity index (χ1v) is 7.83. The zero-order valence-corrected chi connectivity index (χ0v) is 12.2. The van der Waals surface area contributed by atoms with Gasteiger partial charge in [0.25, 0.3) is 0 Å². The van der Waals surface area contributed by atoms with Gasteiger partial charge < -0.3 is 9.67 Å². The van der Waals surface area contributed by atoms with Crippen LogP contribution in [0.15, 0.2) is 30.3 Å². The van der Waals surface area contributed by atoms with Crippen molar-refractivity contribution in [1.29, 1.82) is 0 Å². The number of hydrogen-bond donors (Lipinski definition) is 1. The van der Waals surface area contributed by atoms with Crippen molar-refractivity contribution in [3.63, 3.8) is 0 Å². The van der Waals surface area contributed by atoms with E-state index in [2.05, 4.69) is 11.1 Å². The number of hydrogen-bond acceptors (Lipinski definition) is 3. The maximum atomic E-state index is 11.2. The third-order valence-corrected chi connectivity index (χ3v) is 5.15. The summed E-state index contributed by atoms with van der Waals surface area (Å²) in [6.07, 6.45) is 3.50. The molecule has 1 aliphatic rings. The predicted molar refractivity (Wildman–Crippen MR) is 82.7 cm³/mol. The summed E-state index contributed by atoms with van der Waals surface area (Å²) in [4.78, 5) is 18.4. The number of aryl methyl sites for hydroxylation is 2. The van der Waals surface area contributed by atoms with Gasteiger partial charge in [-0.3, -0.25) is 4.79 Å². The van der Waals surface area contributed by atoms with E-state index < -0.39 is 5.97 Å². The Labute approximate surface area is 125 Å². The van der Waals surface area contributed by atoms with Gasteiger partial charge in [-0.05, 0) is 43.0 Å². The number of rotatable bonds is 3. The topological polar surface area (TPSA) is 55.1 Å². The van der Waals surface area contributed by atoms with Crippen molar-refractivity contribution in [1.82, 2.24) is 9.55 Å². The lowest BCUT2D eigenvalue weighted by Gasteiger charge is -2.04. The number of benzene rings is 1. The van der Waals surface area contributed by atoms with Crippen LogP contribution in [0.1, 0.15) is 16.9 Å². The molecule has 0 aliphatic heterocycles. The molecule has 21 heavy (non-hydrogen) atoms. The van der Waals surface area contributed by atoms with Crippen molar-refractivity contribution in [3.05, 3.63) is 40.8 Å². The smallest absolute Gasteiger partial charge is 0.323 e. The molecule has 5 heteroatoms. The summed E-state index contributed by atoms with van der Waals surface area (Å²) < 4.78 is 1.80. The van der Waals surface area contributed by atoms with E-state index in [1.807, 2.05) is 24.3 Å². The summed E-state index contributed by atoms with van der Waals surface area (Å²) in [5, 5.41) is 9.19. The minimum absolute atomic E-state index is 0.0571. The summed E-state index contributed by atoms with van der Waals surface area (Å²) in [6, 6.07) is 9.89. The molecule has 0 radical (unpaired) electrons. The van der Waals surface area contributed by atoms with Crippen molar-refractivity contribution in [2.24, 2.45) is 0 Å². The van der Waals surface area contributed by atoms with Crippen LogP contribution < -0.4 is 0 Å². The fraction of sp³-hybridized carbons (Fsp3) is 0.250. The Kier molecular flexibility index (Phi) is 2.82. The molecule has 0 bridgehead atoms. The van der Waals surface area contributed by atoms with Crippen LogP contribution in [0.25, 0.3) is 21.7 Å². The maximum Gasteiger partial charge on any atom is 0.323 e. The van der Waals surface area contributed by atoms with Crippen LogP contribution in [-0.4, -0.2) is 20.6 Å². The van der Waals surface area contributed by atoms with Crippen molar-refractivity contribution in [3.8, 4) is 10.7 Å². The zero-order chi connectivity index (χ0) is 14.4. The Bertz CT molecular complexity index is 826. The molecule has 0 fully saturated rings. The summed E-state index contributed by atoms with van der Waals surface area (Å²) in [5.74, 6) is -0.0681. The van der Waals surface area contributed by atoms with Crippen LogP contribution >= 0.6 is 11.3 Å². The molecule has 2 aromatic heterocycles. The molecule has 0 atom stereocenters. The second-order valence-corrected chi connectivity index (χ2v) is 6.45. The monoisotopic (exact) mass is 298 g/mol. The first-order chi connectivity index (χ1) is 10.2. The Morgan fingerprint density at radius 1 is 1.33 bits per heavy atom. The fourth-order valence-electron chi connectivity index (χ4n) is 3.00. The predicted octanol–water partition coefficient (Wildman–Crippen LogP) is 3.34. The van der Waals surface area contributed by atoms with Gasteiger partial charge in [0.05, 0.1) is 15.9 Å². The first kappa shape index (κ1) is 12.6. The Morgan fingerprint density at radius 3 is 3.00 bits per heavy atom. The molecule has 0 saturated carbocycles. The van der Waals surface area contributed by atoms with Crippen LogP contribution in [0.2, 0.25) is 0 Å². The van der Waals surface area contributed by atoms with Gasteiger partial charge in [0.2, 0.25) is 0 Å². The molecule has 1 N–H and O–H groups in total. The van der Waals surface area contributed by atoms with E-state index in [1.54, 1.807) is 15.9 Å². The molecule has 4 rings (SSSR count). The molecule has 1 aliphatic carbocycles. The highest BCUT2D eigenvalue weighted by Gasteiger charge is 2.20. The van der Waals surface area contributed by atoms with E-state index in [9.17, 15) is 9.90 Å². The van der Waals surface area contributed by atoms with Gasteiger partial charge in [-0.1, -0.05) is 12.1 Å². The minimum Gasteiger partial charge on any atom is -0.480 e. The van der Waals surface area contributed by atoms with Crippen LogP contribution in [-0.2, 0) is 24.2 Å². The van der Waals surface area contributed by atoms with Crippen LogP contribution in [0.4, 0.5) is 0 Å². The molecule has 0 amide bonds. The Morgan fingerprint density at radius 2 is 2.19 bits per heavy atom. The lowest BCUT2D eigenvalue weighted by Crippen LogP contribution is -2.09. The van der Waals surface area contributed by atoms with Crippen molar-refractivity contribution < 1.29 is 9.90 Å². The maximum absolute atomic E-state index is 11.2. The van der Waals surface area contributed by atoms with Gasteiger partial charge in [0.1, 0.15) is 6.54 Å². The quantitative estimate of drug-likeness (QED) is 0.807. The second kappa shape index (κ2) is 4.70. The highest BCUT2D eigenvalue weighted by Crippen LogP contribution is 2.37. The minimum atomic E-state index is -0.844. The summed E-state index contributed by atoms with van der Waals surface area (Å²) in [5.41, 5.74) is 3.13. The molecule has 0 spiro atoms. The van der Waals surface area contributed by atoms with Gasteiger partial charge in [-0.2, -0.15) is 0 Å². The zero-order valence-electron chi connectivity index (χ0n) is 11.4. The Hall–Kier alpha value is -2.14. The number of imidazole rings is 1. The molecule has 3 aromatic rings. The van der Waals surface area contributed by atoms with Crippen LogP contribution in [0.5, 0.6) is 0 Å². The Balaban J connectivity index is 1.91. The average Bonchev–Trinajstić information content (AvgIpc) is 3.11. The standard InChI is InChI=1S/C16H14N2O2S/c19-15(20)9-18-12-6-2-1-5-11(12)17-16(18)14-8-10-4-3-7-13(10)21-14/h1-2,5-6,8H,3-4,7,9H2,(H,19,20). The first-order valence-electron chi connectivity index (χ1n) is 7.01. The number of para-hydroxylation sites is 2. The van der Waals surface area contributed by atoms with Crippen LogP contribution in [0, 0.1) is 0 Å². The van der Waals surface area contributed by atoms with E-state index in [0.29, 0.717) is 0 Å². The van der Waals surface area contributed by atoms with E-state index in [-0.39, 0.29) is 6.54 Å². The van der Waals surface area contributed by atoms with Gasteiger partial charge in [0.15, 0.2) is 5.82 Å². The molecule has 106 valence electrons. The summed E-state index contributed by atoms with van der Waals surface area (Å²) >= 11 is 1.76. The average molecular weight is 298 g/mol. The molecule has 2 heterocycles. The van der Waals surface area contributed by atoms with Gasteiger partial charge in [-0.15, -0.1) is 11.3 Å². The molecule has 4 nitrogen and oxygen atoms in total. The fourth-order valence-corrected chi connectivity index (χ4v) is 4.25. The summed E-state index contributed by atoms with van der Waals surface area (Å²) in [6.45, 7) is -0.0571. The third kappa shape index (κ3) is 2.05. The lowest BCUT2D eigenvalue weighted by molar-refractivity contribution is -0.137. The number of aliphatic carboxylic acids is 1. The van der Waals surface area contributed by atoms with Crippen molar-refractivity contribution in [2.75, 3.05) is 0 Å². The van der Waals surface area contributed by atoms with Crippen molar-refractivity contribution in [2.45, 2.75) is 25.8 Å². The number of carboxylic acid groups (broad SMARTS) is 1. The number of carboxylic acids is 1. The van der Waals surface area contributed by atoms with E-state index in [4.69, 9.17) is 0 Å². The number of carbonyl (C=O) groups is 1. The van der Waals surface area contributed by atoms with E-state index in [0.717, 1.165) is 34.6 Å². The molecular formula is C16H14N2O2S. The van der Waals surface area contributed by atoms with Crippen molar-refractivity contribution >= 4 is 28.3 Å². The SMILES string of the molecule is O=C(O)Cn1c(-c2cc3c(s2)CCC3)nc2ccccc21. The lowest BCUT2D eigenvalue weighted by atomic mass is 10.2. The molecule has 1 aromatic carbocycles. The summed E-state index contributed by atoms with van der Waals surface area (Å²) in [7, 11) is 0. The highest BCUT2D eigenvalue weighted by atomic mass is 32.1. The number of fused-ring (bicyclic) bond motifs is 2. The number of aromatic nitrogens is 2. The van der Waals surface area contributed by atoms with E-state index in [1.165, 1.54) is 16.9 Å². The second-order valence-electron chi connectivity index (χ2n) is 5.32. The number of nitrogens with zero attached hydrogens (tertiary/aromatic N) is 2. The molecule has 0 unspecified atom stereocenters.